The van der Waals surface area contributed by atoms with Crippen molar-refractivity contribution in [2.75, 3.05) is 13.7 Å². The van der Waals surface area contributed by atoms with E-state index >= 15 is 0 Å². The van der Waals surface area contributed by atoms with Gasteiger partial charge in [-0.2, -0.15) is 0 Å². The first kappa shape index (κ1) is 17.9. The number of fused-ring (bicyclic) bond motifs is 2. The molecular formula is C17H25NO3Pb. The minimum absolute atomic E-state index is 0. The summed E-state index contributed by atoms with van der Waals surface area (Å²) in [5.41, 5.74) is 0.820. The molecule has 2 heterocycles. The molecule has 2 unspecified atom stereocenters. The van der Waals surface area contributed by atoms with E-state index in [1.165, 1.54) is 12.8 Å². The molecule has 2 radical (unpaired) electrons. The molecule has 2 aliphatic heterocycles. The summed E-state index contributed by atoms with van der Waals surface area (Å²) in [6.45, 7) is -0.206. The van der Waals surface area contributed by atoms with Crippen molar-refractivity contribution >= 4 is 33.3 Å². The Bertz CT molecular complexity index is 482. The summed E-state index contributed by atoms with van der Waals surface area (Å²) in [5.74, 6) is -0.860. The first-order chi connectivity index (χ1) is 10.2. The third-order valence-corrected chi connectivity index (χ3v) is 5.01. The summed E-state index contributed by atoms with van der Waals surface area (Å²) in [4.78, 5) is 14.8. The van der Waals surface area contributed by atoms with E-state index in [0.717, 1.165) is 18.4 Å². The molecule has 4 nitrogen and oxygen atoms in total. The van der Waals surface area contributed by atoms with Crippen LogP contribution >= 0.6 is 0 Å². The van der Waals surface area contributed by atoms with E-state index in [-0.39, 0.29) is 46.0 Å². The first-order valence-electron chi connectivity index (χ1n) is 7.77. The summed E-state index contributed by atoms with van der Waals surface area (Å²) < 4.78 is 5.70. The second-order valence-electron chi connectivity index (χ2n) is 6.23. The maximum absolute atomic E-state index is 12.4. The van der Waals surface area contributed by atoms with E-state index in [1.807, 2.05) is 30.3 Å². The third kappa shape index (κ3) is 3.71. The van der Waals surface area contributed by atoms with E-state index in [0.29, 0.717) is 12.1 Å². The van der Waals surface area contributed by atoms with Gasteiger partial charge in [-0.1, -0.05) is 30.3 Å². The van der Waals surface area contributed by atoms with Gasteiger partial charge in [0.25, 0.3) is 0 Å². The van der Waals surface area contributed by atoms with Crippen LogP contribution in [0.5, 0.6) is 0 Å². The zero-order valence-corrected chi connectivity index (χ0v) is 18.6. The van der Waals surface area contributed by atoms with Gasteiger partial charge in [0, 0.05) is 12.1 Å². The van der Waals surface area contributed by atoms with E-state index in [9.17, 15) is 9.90 Å². The fraction of sp³-hybridized carbons (Fsp3) is 0.588. The van der Waals surface area contributed by atoms with Crippen LogP contribution in [0.2, 0.25) is 0 Å². The summed E-state index contributed by atoms with van der Waals surface area (Å²) >= 11 is 0. The van der Waals surface area contributed by atoms with Crippen LogP contribution in [0.1, 0.15) is 37.2 Å². The molecule has 1 aromatic carbocycles. The molecule has 1 N–H and O–H groups in total. The molecule has 120 valence electrons. The Morgan fingerprint density at radius 2 is 1.86 bits per heavy atom. The van der Waals surface area contributed by atoms with Crippen molar-refractivity contribution in [3.63, 3.8) is 0 Å². The molecule has 2 saturated heterocycles. The van der Waals surface area contributed by atoms with E-state index in [1.54, 1.807) is 0 Å². The number of aliphatic hydroxyl groups is 1. The van der Waals surface area contributed by atoms with Crippen LogP contribution in [0.4, 0.5) is 0 Å². The van der Waals surface area contributed by atoms with E-state index in [4.69, 9.17) is 4.74 Å². The normalized spacial score (nSPS) is 28.7. The quantitative estimate of drug-likeness (QED) is 0.498. The number of rotatable bonds is 4. The molecule has 2 fully saturated rings. The van der Waals surface area contributed by atoms with Crippen molar-refractivity contribution in [3.8, 4) is 0 Å². The van der Waals surface area contributed by atoms with Crippen LogP contribution in [0.3, 0.4) is 0 Å². The fourth-order valence-corrected chi connectivity index (χ4v) is 3.71. The molecule has 0 aromatic heterocycles. The predicted octanol–water partition coefficient (Wildman–Crippen LogP) is 1.01. The van der Waals surface area contributed by atoms with Gasteiger partial charge >= 0.3 is 33.3 Å². The van der Waals surface area contributed by atoms with Gasteiger partial charge in [0.2, 0.25) is 0 Å². The molecule has 2 bridgehead atoms. The SMILES string of the molecule is CN1[C@@H]2CC[C@H]1CC(OC(=O)C(CO)c1ccccc1)C2.[PbH2]. The molecule has 5 heteroatoms. The summed E-state index contributed by atoms with van der Waals surface area (Å²) in [5, 5.41) is 9.53. The number of carbonyl (C=O) groups is 1. The molecule has 0 aliphatic carbocycles. The molecule has 2 aliphatic rings. The number of ether oxygens (including phenoxy) is 1. The molecule has 22 heavy (non-hydrogen) atoms. The first-order valence-corrected chi connectivity index (χ1v) is 7.77. The Labute approximate surface area is 152 Å². The average molecular weight is 499 g/mol. The second kappa shape index (κ2) is 7.88. The number of carbonyl (C=O) groups excluding carboxylic acids is 1. The number of esters is 1. The van der Waals surface area contributed by atoms with Gasteiger partial charge in [-0.05, 0) is 38.3 Å². The predicted molar refractivity (Wildman–Crippen MR) is 88.5 cm³/mol. The number of nitrogens with zero attached hydrogens (tertiary/aromatic N) is 1. The van der Waals surface area contributed by atoms with Crippen LogP contribution < -0.4 is 0 Å². The van der Waals surface area contributed by atoms with Gasteiger partial charge in [0.05, 0.1) is 6.61 Å². The van der Waals surface area contributed by atoms with Gasteiger partial charge in [0.15, 0.2) is 0 Å². The standard InChI is InChI=1S/C17H23NO3.Pb.2H/c1-18-13-7-8-14(18)10-15(9-13)21-17(20)16(11-19)12-5-3-2-4-6-12;;;/h2-6,13-16,19H,7-11H2,1H3;;;/t13-,14+,15?,16?;;;. The van der Waals surface area contributed by atoms with E-state index < -0.39 is 5.92 Å². The van der Waals surface area contributed by atoms with Crippen molar-refractivity contribution in [3.05, 3.63) is 35.9 Å². The molecule has 4 atom stereocenters. The van der Waals surface area contributed by atoms with E-state index in [2.05, 4.69) is 11.9 Å². The topological polar surface area (TPSA) is 49.8 Å². The van der Waals surface area contributed by atoms with Crippen LogP contribution in [-0.2, 0) is 9.53 Å². The van der Waals surface area contributed by atoms with Crippen LogP contribution in [0, 0.1) is 0 Å². The third-order valence-electron chi connectivity index (χ3n) is 5.01. The molecule has 0 saturated carbocycles. The minimum atomic E-state index is -0.566. The summed E-state index contributed by atoms with van der Waals surface area (Å²) in [7, 11) is 2.17. The van der Waals surface area contributed by atoms with Crippen molar-refractivity contribution in [2.24, 2.45) is 0 Å². The zero-order chi connectivity index (χ0) is 14.8. The maximum atomic E-state index is 12.4. The van der Waals surface area contributed by atoms with Crippen molar-refractivity contribution in [1.29, 1.82) is 0 Å². The number of piperidine rings is 1. The van der Waals surface area contributed by atoms with Gasteiger partial charge in [-0.25, -0.2) is 0 Å². The molecule has 0 spiro atoms. The average Bonchev–Trinajstić information content (AvgIpc) is 2.72. The number of benzene rings is 1. The summed E-state index contributed by atoms with van der Waals surface area (Å²) in [6, 6.07) is 10.5. The van der Waals surface area contributed by atoms with Crippen LogP contribution in [0.25, 0.3) is 0 Å². The number of aliphatic hydroxyl groups excluding tert-OH is 1. The Morgan fingerprint density at radius 1 is 1.27 bits per heavy atom. The number of hydrogen-bond donors (Lipinski definition) is 1. The molecule has 3 rings (SSSR count). The van der Waals surface area contributed by atoms with Crippen LogP contribution in [0.15, 0.2) is 30.3 Å². The second-order valence-corrected chi connectivity index (χ2v) is 6.23. The summed E-state index contributed by atoms with van der Waals surface area (Å²) in [6.07, 6.45) is 4.26. The Balaban J connectivity index is 0.00000176. The monoisotopic (exact) mass is 499 g/mol. The zero-order valence-electron chi connectivity index (χ0n) is 13.1. The van der Waals surface area contributed by atoms with Gasteiger partial charge < -0.3 is 14.7 Å². The van der Waals surface area contributed by atoms with Crippen molar-refractivity contribution in [2.45, 2.75) is 49.8 Å². The molecular weight excluding hydrogens is 473 g/mol. The Hall–Kier alpha value is -0.468. The van der Waals surface area contributed by atoms with Crippen molar-refractivity contribution < 1.29 is 14.6 Å². The van der Waals surface area contributed by atoms with Crippen molar-refractivity contribution in [1.82, 2.24) is 4.90 Å². The Morgan fingerprint density at radius 3 is 2.41 bits per heavy atom. The molecule has 1 aromatic rings. The number of hydrogen-bond acceptors (Lipinski definition) is 4. The fourth-order valence-electron chi connectivity index (χ4n) is 3.71. The van der Waals surface area contributed by atoms with Gasteiger partial charge in [-0.3, -0.25) is 4.79 Å². The van der Waals surface area contributed by atoms with Crippen LogP contribution in [-0.4, -0.2) is 75.1 Å². The molecule has 0 amide bonds. The van der Waals surface area contributed by atoms with Gasteiger partial charge in [0.1, 0.15) is 12.0 Å². The van der Waals surface area contributed by atoms with Gasteiger partial charge in [-0.15, -0.1) is 0 Å². The Kier molecular flexibility index (Phi) is 6.40.